The molecule has 2 saturated heterocycles. The summed E-state index contributed by atoms with van der Waals surface area (Å²) in [7, 11) is 1.58. The van der Waals surface area contributed by atoms with Gasteiger partial charge in [-0.15, -0.1) is 0 Å². The Balaban J connectivity index is 1.18. The van der Waals surface area contributed by atoms with E-state index in [0.717, 1.165) is 29.3 Å². The molecule has 10 nitrogen and oxygen atoms in total. The summed E-state index contributed by atoms with van der Waals surface area (Å²) in [6.45, 7) is 1.11. The number of methoxy groups -OCH3 is 1. The fraction of sp³-hybridized carbons (Fsp3) is 0.438. The van der Waals surface area contributed by atoms with Gasteiger partial charge in [-0.05, 0) is 61.3 Å². The van der Waals surface area contributed by atoms with Crippen LogP contribution in [0.2, 0.25) is 0 Å². The summed E-state index contributed by atoms with van der Waals surface area (Å²) in [4.78, 5) is 58.1. The summed E-state index contributed by atoms with van der Waals surface area (Å²) in [5.74, 6) is -0.758. The number of hydrogen-bond donors (Lipinski definition) is 3. The Bertz CT molecular complexity index is 1500. The van der Waals surface area contributed by atoms with Crippen LogP contribution in [0.3, 0.4) is 0 Å². The Labute approximate surface area is 244 Å². The molecule has 42 heavy (non-hydrogen) atoms. The fourth-order valence-corrected chi connectivity index (χ4v) is 6.26. The van der Waals surface area contributed by atoms with E-state index in [9.17, 15) is 19.2 Å². The van der Waals surface area contributed by atoms with Crippen molar-refractivity contribution in [3.05, 3.63) is 65.9 Å². The number of H-pyrrole nitrogens is 1. The first kappa shape index (κ1) is 28.0. The van der Waals surface area contributed by atoms with E-state index in [0.29, 0.717) is 37.4 Å². The zero-order chi connectivity index (χ0) is 29.3. The van der Waals surface area contributed by atoms with Gasteiger partial charge in [0.25, 0.3) is 5.91 Å². The molecule has 1 spiro atoms. The second-order valence-electron chi connectivity index (χ2n) is 11.8. The van der Waals surface area contributed by atoms with Crippen molar-refractivity contribution in [1.29, 1.82) is 0 Å². The second kappa shape index (κ2) is 11.6. The number of Topliss-reactive ketones (excluding diaryl/α,β-unsaturated/α-hetero) is 1. The minimum Gasteiger partial charge on any atom is -0.496 e. The van der Waals surface area contributed by atoms with E-state index in [2.05, 4.69) is 15.6 Å². The molecule has 3 aliphatic rings. The number of likely N-dealkylation sites (tertiary alicyclic amines) is 1. The molecule has 1 aliphatic carbocycles. The first-order valence-corrected chi connectivity index (χ1v) is 14.5. The average Bonchev–Trinajstić information content (AvgIpc) is 3.28. The van der Waals surface area contributed by atoms with Gasteiger partial charge in [0.05, 0.1) is 19.8 Å². The molecule has 3 amide bonds. The van der Waals surface area contributed by atoms with Crippen molar-refractivity contribution in [3.63, 3.8) is 0 Å². The van der Waals surface area contributed by atoms with Crippen molar-refractivity contribution < 1.29 is 28.7 Å². The monoisotopic (exact) mass is 572 g/mol. The van der Waals surface area contributed by atoms with Gasteiger partial charge in [0.1, 0.15) is 24.1 Å². The van der Waals surface area contributed by atoms with Gasteiger partial charge < -0.3 is 30.0 Å². The van der Waals surface area contributed by atoms with Gasteiger partial charge in [0, 0.05) is 29.9 Å². The molecule has 1 aromatic heterocycles. The zero-order valence-corrected chi connectivity index (χ0v) is 23.7. The van der Waals surface area contributed by atoms with E-state index in [-0.39, 0.29) is 54.5 Å². The van der Waals surface area contributed by atoms with Crippen LogP contribution in [0.25, 0.3) is 10.9 Å². The van der Waals surface area contributed by atoms with Crippen molar-refractivity contribution >= 4 is 34.4 Å². The van der Waals surface area contributed by atoms with Gasteiger partial charge in [-0.2, -0.15) is 0 Å². The molecular weight excluding hydrogens is 536 g/mol. The SMILES string of the molecule is COc1cccc2[nH]c(C(=O)N3CC4(CC4)C[C@H]3C(=O)N[C@@H](C[C@@H]3CCNC3=O)C(=O)COCc3ccccc3)cc12. The molecule has 10 heteroatoms. The highest BCUT2D eigenvalue weighted by atomic mass is 16.5. The van der Waals surface area contributed by atoms with Crippen molar-refractivity contribution in [3.8, 4) is 5.75 Å². The average molecular weight is 573 g/mol. The van der Waals surface area contributed by atoms with Gasteiger partial charge in [-0.25, -0.2) is 0 Å². The highest BCUT2D eigenvalue weighted by Crippen LogP contribution is 2.55. The first-order valence-electron chi connectivity index (χ1n) is 14.5. The lowest BCUT2D eigenvalue weighted by molar-refractivity contribution is -0.133. The van der Waals surface area contributed by atoms with Crippen molar-refractivity contribution in [2.45, 2.75) is 50.8 Å². The minimum atomic E-state index is -0.896. The maximum Gasteiger partial charge on any atom is 0.271 e. The van der Waals surface area contributed by atoms with Crippen molar-refractivity contribution in [2.75, 3.05) is 26.8 Å². The predicted molar refractivity (Wildman–Crippen MR) is 155 cm³/mol. The number of amides is 3. The van der Waals surface area contributed by atoms with Crippen LogP contribution in [0.4, 0.5) is 0 Å². The maximum atomic E-state index is 13.8. The Kier molecular flexibility index (Phi) is 7.72. The lowest BCUT2D eigenvalue weighted by Crippen LogP contribution is -2.52. The molecule has 0 bridgehead atoms. The molecule has 3 aromatic rings. The molecule has 3 heterocycles. The summed E-state index contributed by atoms with van der Waals surface area (Å²) in [5, 5.41) is 6.53. The largest absolute Gasteiger partial charge is 0.496 e. The summed E-state index contributed by atoms with van der Waals surface area (Å²) in [6, 6.07) is 15.2. The molecule has 3 atom stereocenters. The number of nitrogens with one attached hydrogen (secondary N) is 3. The second-order valence-corrected chi connectivity index (χ2v) is 11.8. The van der Waals surface area contributed by atoms with Gasteiger partial charge in [0.2, 0.25) is 11.8 Å². The van der Waals surface area contributed by atoms with Gasteiger partial charge in [-0.3, -0.25) is 19.2 Å². The number of nitrogens with zero attached hydrogens (tertiary/aromatic N) is 1. The van der Waals surface area contributed by atoms with E-state index < -0.39 is 12.1 Å². The van der Waals surface area contributed by atoms with Crippen LogP contribution in [0.1, 0.15) is 48.2 Å². The highest BCUT2D eigenvalue weighted by molar-refractivity contribution is 6.02. The normalized spacial score (nSPS) is 21.4. The molecule has 220 valence electrons. The Morgan fingerprint density at radius 1 is 1.12 bits per heavy atom. The smallest absolute Gasteiger partial charge is 0.271 e. The number of rotatable bonds is 11. The molecule has 1 saturated carbocycles. The molecule has 3 fully saturated rings. The molecule has 0 radical (unpaired) electrons. The minimum absolute atomic E-state index is 0.0645. The Morgan fingerprint density at radius 3 is 2.64 bits per heavy atom. The van der Waals surface area contributed by atoms with Crippen LogP contribution < -0.4 is 15.4 Å². The standard InChI is InChI=1S/C32H36N4O6/c1-41-28-9-5-8-23-22(28)15-25(34-23)31(40)36-19-32(11-12-32)16-26(36)30(39)35-24(14-21-10-13-33-29(21)38)27(37)18-42-17-20-6-3-2-4-7-20/h2-9,15,21,24,26,34H,10-14,16-19H2,1H3,(H,33,38)(H,35,39)/t21-,24-,26-/m0/s1. The van der Waals surface area contributed by atoms with Gasteiger partial charge in [0.15, 0.2) is 5.78 Å². The van der Waals surface area contributed by atoms with Crippen LogP contribution in [0, 0.1) is 11.3 Å². The highest BCUT2D eigenvalue weighted by Gasteiger charge is 2.55. The van der Waals surface area contributed by atoms with E-state index in [4.69, 9.17) is 9.47 Å². The third-order valence-corrected chi connectivity index (χ3v) is 8.85. The van der Waals surface area contributed by atoms with E-state index in [1.54, 1.807) is 18.1 Å². The topological polar surface area (TPSA) is 130 Å². The number of aromatic amines is 1. The third-order valence-electron chi connectivity index (χ3n) is 8.85. The molecule has 2 aliphatic heterocycles. The van der Waals surface area contributed by atoms with E-state index >= 15 is 0 Å². The number of ether oxygens (including phenoxy) is 2. The molecule has 6 rings (SSSR count). The lowest BCUT2D eigenvalue weighted by Gasteiger charge is -2.26. The number of carbonyl (C=O) groups is 4. The predicted octanol–water partition coefficient (Wildman–Crippen LogP) is 2.97. The molecule has 0 unspecified atom stereocenters. The third kappa shape index (κ3) is 5.76. The zero-order valence-electron chi connectivity index (χ0n) is 23.7. The quantitative estimate of drug-likeness (QED) is 0.324. The number of aromatic nitrogens is 1. The molecule has 3 N–H and O–H groups in total. The number of carbonyl (C=O) groups excluding carboxylic acids is 4. The number of ketones is 1. The molecule has 2 aromatic carbocycles. The van der Waals surface area contributed by atoms with Crippen LogP contribution in [-0.4, -0.2) is 72.3 Å². The molecular formula is C32H36N4O6. The van der Waals surface area contributed by atoms with Crippen LogP contribution in [0.5, 0.6) is 5.75 Å². The summed E-state index contributed by atoms with van der Waals surface area (Å²) in [5.41, 5.74) is 2.03. The Morgan fingerprint density at radius 2 is 1.93 bits per heavy atom. The van der Waals surface area contributed by atoms with Crippen LogP contribution >= 0.6 is 0 Å². The van der Waals surface area contributed by atoms with Crippen molar-refractivity contribution in [1.82, 2.24) is 20.5 Å². The number of fused-ring (bicyclic) bond motifs is 1. The summed E-state index contributed by atoms with van der Waals surface area (Å²) < 4.78 is 11.1. The number of benzene rings is 2. The van der Waals surface area contributed by atoms with Crippen LogP contribution in [-0.2, 0) is 25.7 Å². The Hall–Kier alpha value is -4.18. The fourth-order valence-electron chi connectivity index (χ4n) is 6.26. The summed E-state index contributed by atoms with van der Waals surface area (Å²) in [6.07, 6.45) is 3.25. The maximum absolute atomic E-state index is 13.8. The van der Waals surface area contributed by atoms with E-state index in [1.807, 2.05) is 48.5 Å². The van der Waals surface area contributed by atoms with Gasteiger partial charge in [-0.1, -0.05) is 36.4 Å². The first-order chi connectivity index (χ1) is 20.4. The van der Waals surface area contributed by atoms with Gasteiger partial charge >= 0.3 is 0 Å². The van der Waals surface area contributed by atoms with Crippen molar-refractivity contribution in [2.24, 2.45) is 11.3 Å². The van der Waals surface area contributed by atoms with E-state index in [1.165, 1.54) is 0 Å². The number of hydrogen-bond acceptors (Lipinski definition) is 6. The van der Waals surface area contributed by atoms with Crippen LogP contribution in [0.15, 0.2) is 54.6 Å². The summed E-state index contributed by atoms with van der Waals surface area (Å²) >= 11 is 0. The lowest BCUT2D eigenvalue weighted by atomic mass is 9.95.